The molecule has 0 fully saturated rings. The number of halogens is 1. The summed E-state index contributed by atoms with van der Waals surface area (Å²) in [5, 5.41) is 11.9. The third-order valence-electron chi connectivity index (χ3n) is 2.97. The molecule has 0 aromatic heterocycles. The van der Waals surface area contributed by atoms with Crippen LogP contribution >= 0.6 is 22.6 Å². The third-order valence-corrected chi connectivity index (χ3v) is 3.69. The van der Waals surface area contributed by atoms with Crippen LogP contribution in [0.5, 0.6) is 5.75 Å². The summed E-state index contributed by atoms with van der Waals surface area (Å²) in [5.74, 6) is 0.328. The van der Waals surface area contributed by atoms with Crippen LogP contribution in [0.1, 0.15) is 12.5 Å². The topological polar surface area (TPSA) is 62.1 Å². The number of nitrogens with zero attached hydrogens (tertiary/aromatic N) is 1. The molecule has 0 atom stereocenters. The molecular weight excluding hydrogens is 403 g/mol. The van der Waals surface area contributed by atoms with E-state index in [1.807, 2.05) is 25.1 Å². The van der Waals surface area contributed by atoms with Crippen molar-refractivity contribution in [2.45, 2.75) is 6.92 Å². The average Bonchev–Trinajstić information content (AvgIpc) is 2.56. The molecule has 1 amide bonds. The molecule has 2 aromatic rings. The predicted molar refractivity (Wildman–Crippen MR) is 99.0 cm³/mol. The van der Waals surface area contributed by atoms with Gasteiger partial charge in [0.1, 0.15) is 17.4 Å². The van der Waals surface area contributed by atoms with Gasteiger partial charge in [0.05, 0.1) is 6.61 Å². The lowest BCUT2D eigenvalue weighted by atomic mass is 10.1. The predicted octanol–water partition coefficient (Wildman–Crippen LogP) is 4.24. The Bertz CT molecular complexity index is 744. The summed E-state index contributed by atoms with van der Waals surface area (Å²) < 4.78 is 6.44. The van der Waals surface area contributed by atoms with Crippen LogP contribution in [0.3, 0.4) is 0 Å². The Kier molecular flexibility index (Phi) is 6.18. The molecule has 0 aliphatic heterocycles. The van der Waals surface area contributed by atoms with Gasteiger partial charge in [-0.15, -0.1) is 0 Å². The molecule has 0 aliphatic carbocycles. The Morgan fingerprint density at radius 1 is 1.22 bits per heavy atom. The number of carbonyl (C=O) groups is 1. The Morgan fingerprint density at radius 3 is 2.43 bits per heavy atom. The van der Waals surface area contributed by atoms with E-state index in [0.717, 1.165) is 14.9 Å². The molecule has 0 saturated carbocycles. The first-order valence-electron chi connectivity index (χ1n) is 7.04. The van der Waals surface area contributed by atoms with Crippen LogP contribution in [0, 0.1) is 14.9 Å². The largest absolute Gasteiger partial charge is 0.494 e. The molecule has 23 heavy (non-hydrogen) atoms. The van der Waals surface area contributed by atoms with Gasteiger partial charge in [0.25, 0.3) is 5.91 Å². The minimum Gasteiger partial charge on any atom is -0.494 e. The first kappa shape index (κ1) is 17.0. The maximum atomic E-state index is 12.2. The fourth-order valence-electron chi connectivity index (χ4n) is 1.87. The normalized spacial score (nSPS) is 10.7. The van der Waals surface area contributed by atoms with Crippen LogP contribution in [0.2, 0.25) is 0 Å². The second-order valence-corrected chi connectivity index (χ2v) is 5.88. The van der Waals surface area contributed by atoms with Crippen LogP contribution in [0.15, 0.2) is 54.1 Å². The van der Waals surface area contributed by atoms with Gasteiger partial charge in [0.15, 0.2) is 0 Å². The molecule has 2 rings (SSSR count). The lowest BCUT2D eigenvalue weighted by Crippen LogP contribution is -2.13. The number of ether oxygens (including phenoxy) is 1. The number of amides is 1. The molecule has 0 unspecified atom stereocenters. The molecule has 2 aromatic carbocycles. The number of carbonyl (C=O) groups excluding carboxylic acids is 1. The Labute approximate surface area is 148 Å². The first-order chi connectivity index (χ1) is 11.1. The second kappa shape index (κ2) is 8.34. The van der Waals surface area contributed by atoms with Gasteiger partial charge in [-0.3, -0.25) is 4.79 Å². The zero-order valence-corrected chi connectivity index (χ0v) is 14.7. The summed E-state index contributed by atoms with van der Waals surface area (Å²) in [7, 11) is 0. The van der Waals surface area contributed by atoms with Gasteiger partial charge in [-0.1, -0.05) is 12.1 Å². The maximum Gasteiger partial charge on any atom is 0.266 e. The monoisotopic (exact) mass is 418 g/mol. The highest BCUT2D eigenvalue weighted by atomic mass is 127. The van der Waals surface area contributed by atoms with E-state index < -0.39 is 5.91 Å². The average molecular weight is 418 g/mol. The lowest BCUT2D eigenvalue weighted by Gasteiger charge is -2.05. The van der Waals surface area contributed by atoms with Crippen molar-refractivity contribution < 1.29 is 9.53 Å². The molecule has 1 N–H and O–H groups in total. The van der Waals surface area contributed by atoms with Crippen molar-refractivity contribution in [3.63, 3.8) is 0 Å². The van der Waals surface area contributed by atoms with E-state index in [-0.39, 0.29) is 5.57 Å². The van der Waals surface area contributed by atoms with Crippen LogP contribution < -0.4 is 10.1 Å². The van der Waals surface area contributed by atoms with Crippen LogP contribution in [0.25, 0.3) is 6.08 Å². The van der Waals surface area contributed by atoms with E-state index in [1.54, 1.807) is 42.5 Å². The fourth-order valence-corrected chi connectivity index (χ4v) is 2.23. The quantitative estimate of drug-likeness (QED) is 0.449. The summed E-state index contributed by atoms with van der Waals surface area (Å²) in [4.78, 5) is 12.2. The highest BCUT2D eigenvalue weighted by Gasteiger charge is 2.09. The number of nitriles is 1. The maximum absolute atomic E-state index is 12.2. The van der Waals surface area contributed by atoms with E-state index in [2.05, 4.69) is 27.9 Å². The Balaban J connectivity index is 2.12. The van der Waals surface area contributed by atoms with Crippen LogP contribution in [0.4, 0.5) is 5.69 Å². The van der Waals surface area contributed by atoms with Crippen molar-refractivity contribution in [1.29, 1.82) is 5.26 Å². The van der Waals surface area contributed by atoms with Crippen molar-refractivity contribution >= 4 is 40.3 Å². The fraction of sp³-hybridized carbons (Fsp3) is 0.111. The molecular formula is C18H15IN2O2. The van der Waals surface area contributed by atoms with Gasteiger partial charge >= 0.3 is 0 Å². The van der Waals surface area contributed by atoms with Crippen molar-refractivity contribution in [3.8, 4) is 11.8 Å². The minimum atomic E-state index is -0.428. The van der Waals surface area contributed by atoms with Crippen molar-refractivity contribution in [1.82, 2.24) is 0 Å². The first-order valence-corrected chi connectivity index (χ1v) is 8.12. The smallest absolute Gasteiger partial charge is 0.266 e. The van der Waals surface area contributed by atoms with E-state index in [9.17, 15) is 10.1 Å². The van der Waals surface area contributed by atoms with Crippen molar-refractivity contribution in [2.24, 2.45) is 0 Å². The molecule has 5 heteroatoms. The number of hydrogen-bond acceptors (Lipinski definition) is 3. The summed E-state index contributed by atoms with van der Waals surface area (Å²) in [5.41, 5.74) is 1.47. The van der Waals surface area contributed by atoms with E-state index in [0.29, 0.717) is 12.3 Å². The lowest BCUT2D eigenvalue weighted by molar-refractivity contribution is -0.112. The molecule has 0 bridgehead atoms. The SMILES string of the molecule is CCOc1ccc(/C=C(\C#N)C(=O)Nc2ccc(I)cc2)cc1. The minimum absolute atomic E-state index is 0.0488. The molecule has 0 saturated heterocycles. The standard InChI is InChI=1S/C18H15IN2O2/c1-2-23-17-9-3-13(4-10-17)11-14(12-20)18(22)21-16-7-5-15(19)6-8-16/h3-11H,2H2,1H3,(H,21,22)/b14-11+. The zero-order chi connectivity index (χ0) is 16.7. The zero-order valence-electron chi connectivity index (χ0n) is 12.5. The van der Waals surface area contributed by atoms with Crippen LogP contribution in [-0.4, -0.2) is 12.5 Å². The Morgan fingerprint density at radius 2 is 1.87 bits per heavy atom. The molecule has 0 heterocycles. The van der Waals surface area contributed by atoms with Gasteiger partial charge in [0, 0.05) is 9.26 Å². The second-order valence-electron chi connectivity index (χ2n) is 4.63. The van der Waals surface area contributed by atoms with Crippen LogP contribution in [-0.2, 0) is 4.79 Å². The van der Waals surface area contributed by atoms with E-state index in [1.165, 1.54) is 0 Å². The summed E-state index contributed by atoms with van der Waals surface area (Å²) >= 11 is 2.19. The van der Waals surface area contributed by atoms with Gasteiger partial charge in [-0.25, -0.2) is 0 Å². The number of anilines is 1. The van der Waals surface area contributed by atoms with E-state index in [4.69, 9.17) is 4.74 Å². The molecule has 0 spiro atoms. The summed E-state index contributed by atoms with van der Waals surface area (Å²) in [6, 6.07) is 16.5. The third kappa shape index (κ3) is 5.11. The number of benzene rings is 2. The van der Waals surface area contributed by atoms with Gasteiger partial charge < -0.3 is 10.1 Å². The molecule has 0 aliphatic rings. The summed E-state index contributed by atoms with van der Waals surface area (Å²) in [6.45, 7) is 2.51. The number of nitrogens with one attached hydrogen (secondary N) is 1. The van der Waals surface area contributed by atoms with Gasteiger partial charge in [0.2, 0.25) is 0 Å². The van der Waals surface area contributed by atoms with Gasteiger partial charge in [-0.2, -0.15) is 5.26 Å². The van der Waals surface area contributed by atoms with E-state index >= 15 is 0 Å². The molecule has 0 radical (unpaired) electrons. The Hall–Kier alpha value is -2.33. The number of hydrogen-bond donors (Lipinski definition) is 1. The highest BCUT2D eigenvalue weighted by Crippen LogP contribution is 2.16. The highest BCUT2D eigenvalue weighted by molar-refractivity contribution is 14.1. The van der Waals surface area contributed by atoms with Crippen molar-refractivity contribution in [3.05, 3.63) is 63.2 Å². The van der Waals surface area contributed by atoms with Crippen molar-refractivity contribution in [2.75, 3.05) is 11.9 Å². The summed E-state index contributed by atoms with van der Waals surface area (Å²) in [6.07, 6.45) is 1.55. The number of rotatable bonds is 5. The molecule has 4 nitrogen and oxygen atoms in total. The molecule has 116 valence electrons. The van der Waals surface area contributed by atoms with Gasteiger partial charge in [-0.05, 0) is 77.6 Å².